The zero-order chi connectivity index (χ0) is 14.3. The van der Waals surface area contributed by atoms with Crippen LogP contribution in [0.5, 0.6) is 0 Å². The molecule has 0 aliphatic heterocycles. The lowest BCUT2D eigenvalue weighted by atomic mass is 10.2. The van der Waals surface area contributed by atoms with Gasteiger partial charge in [0.1, 0.15) is 5.82 Å². The highest BCUT2D eigenvalue weighted by Crippen LogP contribution is 2.09. The molecule has 2 N–H and O–H groups in total. The van der Waals surface area contributed by atoms with Gasteiger partial charge in [0, 0.05) is 24.8 Å². The molecule has 0 unspecified atom stereocenters. The van der Waals surface area contributed by atoms with Crippen molar-refractivity contribution in [3.63, 3.8) is 0 Å². The van der Waals surface area contributed by atoms with Crippen LogP contribution in [0.25, 0.3) is 0 Å². The van der Waals surface area contributed by atoms with Gasteiger partial charge in [-0.3, -0.25) is 4.79 Å². The zero-order valence-electron chi connectivity index (χ0n) is 12.3. The van der Waals surface area contributed by atoms with Crippen LogP contribution in [0.15, 0.2) is 12.1 Å². The topological polar surface area (TPSA) is 57.3 Å². The number of amides is 1. The second-order valence-electron chi connectivity index (χ2n) is 4.90. The van der Waals surface area contributed by atoms with Crippen molar-refractivity contribution in [3.8, 4) is 0 Å². The molecule has 1 rings (SSSR count). The van der Waals surface area contributed by atoms with Crippen LogP contribution < -0.4 is 10.6 Å². The third-order valence-electron chi connectivity index (χ3n) is 2.79. The van der Waals surface area contributed by atoms with Crippen LogP contribution in [0.1, 0.15) is 28.9 Å². The monoisotopic (exact) mass is 264 g/mol. The van der Waals surface area contributed by atoms with E-state index in [2.05, 4.69) is 34.6 Å². The van der Waals surface area contributed by atoms with E-state index in [1.165, 1.54) is 0 Å². The molecule has 5 nitrogen and oxygen atoms in total. The van der Waals surface area contributed by atoms with Crippen LogP contribution in [-0.4, -0.2) is 50.0 Å². The van der Waals surface area contributed by atoms with Gasteiger partial charge in [-0.15, -0.1) is 0 Å². The summed E-state index contributed by atoms with van der Waals surface area (Å²) in [4.78, 5) is 18.4. The molecule has 0 aliphatic carbocycles. The van der Waals surface area contributed by atoms with Gasteiger partial charge >= 0.3 is 0 Å². The lowest BCUT2D eigenvalue weighted by Gasteiger charge is -2.10. The van der Waals surface area contributed by atoms with Crippen molar-refractivity contribution in [2.75, 3.05) is 39.5 Å². The third kappa shape index (κ3) is 5.70. The van der Waals surface area contributed by atoms with Crippen molar-refractivity contribution < 1.29 is 4.79 Å². The van der Waals surface area contributed by atoms with Crippen LogP contribution in [0.3, 0.4) is 0 Å². The second kappa shape index (κ2) is 7.74. The van der Waals surface area contributed by atoms with Crippen LogP contribution >= 0.6 is 0 Å². The van der Waals surface area contributed by atoms with Crippen molar-refractivity contribution in [1.82, 2.24) is 15.2 Å². The van der Waals surface area contributed by atoms with Gasteiger partial charge in [0.05, 0.1) is 0 Å². The molecule has 0 saturated heterocycles. The number of anilines is 1. The highest BCUT2D eigenvalue weighted by atomic mass is 16.1. The Labute approximate surface area is 115 Å². The number of aryl methyl sites for hydroxylation is 1. The fourth-order valence-electron chi connectivity index (χ4n) is 1.78. The lowest BCUT2D eigenvalue weighted by molar-refractivity contribution is 0.0952. The molecule has 1 aromatic heterocycles. The van der Waals surface area contributed by atoms with Gasteiger partial charge in [0.15, 0.2) is 0 Å². The van der Waals surface area contributed by atoms with Gasteiger partial charge in [0.25, 0.3) is 5.91 Å². The van der Waals surface area contributed by atoms with E-state index in [1.54, 1.807) is 19.2 Å². The molecule has 0 atom stereocenters. The summed E-state index contributed by atoms with van der Waals surface area (Å²) >= 11 is 0. The minimum atomic E-state index is -0.0353. The standard InChI is InChI=1S/C14H24N4O/c1-11-9-12(10-13(15-2)17-11)14(19)16-7-5-6-8-18(3)4/h9-10H,5-8H2,1-4H3,(H,15,17)(H,16,19). The van der Waals surface area contributed by atoms with E-state index in [-0.39, 0.29) is 5.91 Å². The SMILES string of the molecule is CNc1cc(C(=O)NCCCCN(C)C)cc(C)n1. The molecule has 0 aliphatic rings. The molecule has 0 fully saturated rings. The maximum Gasteiger partial charge on any atom is 0.251 e. The van der Waals surface area contributed by atoms with Gasteiger partial charge in [-0.05, 0) is 52.5 Å². The molecule has 5 heteroatoms. The Hall–Kier alpha value is -1.62. The van der Waals surface area contributed by atoms with Gasteiger partial charge < -0.3 is 15.5 Å². The minimum absolute atomic E-state index is 0.0353. The van der Waals surface area contributed by atoms with Gasteiger partial charge in [-0.2, -0.15) is 0 Å². The summed E-state index contributed by atoms with van der Waals surface area (Å²) in [6.45, 7) is 3.64. The molecule has 19 heavy (non-hydrogen) atoms. The Bertz CT molecular complexity index is 418. The zero-order valence-corrected chi connectivity index (χ0v) is 12.3. The van der Waals surface area contributed by atoms with E-state index < -0.39 is 0 Å². The third-order valence-corrected chi connectivity index (χ3v) is 2.79. The van der Waals surface area contributed by atoms with Gasteiger partial charge in [0.2, 0.25) is 0 Å². The van der Waals surface area contributed by atoms with Crippen LogP contribution in [0.2, 0.25) is 0 Å². The van der Waals surface area contributed by atoms with E-state index in [9.17, 15) is 4.79 Å². The predicted octanol–water partition coefficient (Wildman–Crippen LogP) is 1.50. The summed E-state index contributed by atoms with van der Waals surface area (Å²) in [5, 5.41) is 5.89. The number of carbonyl (C=O) groups excluding carboxylic acids is 1. The molecular formula is C14H24N4O. The summed E-state index contributed by atoms with van der Waals surface area (Å²) in [6, 6.07) is 3.57. The normalized spacial score (nSPS) is 10.6. The Morgan fingerprint density at radius 3 is 2.68 bits per heavy atom. The number of carbonyl (C=O) groups is 1. The summed E-state index contributed by atoms with van der Waals surface area (Å²) in [5.41, 5.74) is 1.49. The van der Waals surface area contributed by atoms with E-state index >= 15 is 0 Å². The average Bonchev–Trinajstić information content (AvgIpc) is 2.36. The summed E-state index contributed by atoms with van der Waals surface area (Å²) < 4.78 is 0. The Balaban J connectivity index is 2.43. The molecule has 0 bridgehead atoms. The maximum absolute atomic E-state index is 12.0. The Morgan fingerprint density at radius 1 is 1.32 bits per heavy atom. The fraction of sp³-hybridized carbons (Fsp3) is 0.571. The first-order chi connectivity index (χ1) is 9.02. The van der Waals surface area contributed by atoms with E-state index in [1.807, 2.05) is 6.92 Å². The van der Waals surface area contributed by atoms with Crippen molar-refractivity contribution in [3.05, 3.63) is 23.4 Å². The number of hydrogen-bond donors (Lipinski definition) is 2. The van der Waals surface area contributed by atoms with Crippen LogP contribution in [0, 0.1) is 6.92 Å². The average molecular weight is 264 g/mol. The molecule has 1 heterocycles. The van der Waals surface area contributed by atoms with Crippen molar-refractivity contribution in [2.24, 2.45) is 0 Å². The quantitative estimate of drug-likeness (QED) is 0.733. The largest absolute Gasteiger partial charge is 0.373 e. The number of hydrogen-bond acceptors (Lipinski definition) is 4. The summed E-state index contributed by atoms with van der Waals surface area (Å²) in [5.74, 6) is 0.685. The number of rotatable bonds is 7. The molecule has 0 radical (unpaired) electrons. The first-order valence-corrected chi connectivity index (χ1v) is 6.62. The van der Waals surface area contributed by atoms with Crippen molar-refractivity contribution in [2.45, 2.75) is 19.8 Å². The Kier molecular flexibility index (Phi) is 6.29. The number of nitrogens with one attached hydrogen (secondary N) is 2. The number of nitrogens with zero attached hydrogens (tertiary/aromatic N) is 2. The molecule has 0 aromatic carbocycles. The van der Waals surface area contributed by atoms with Crippen molar-refractivity contribution in [1.29, 1.82) is 0 Å². The number of unbranched alkanes of at least 4 members (excludes halogenated alkanes) is 1. The summed E-state index contributed by atoms with van der Waals surface area (Å²) in [6.07, 6.45) is 2.08. The molecular weight excluding hydrogens is 240 g/mol. The lowest BCUT2D eigenvalue weighted by Crippen LogP contribution is -2.25. The van der Waals surface area contributed by atoms with Crippen LogP contribution in [-0.2, 0) is 0 Å². The minimum Gasteiger partial charge on any atom is -0.373 e. The fourth-order valence-corrected chi connectivity index (χ4v) is 1.78. The first-order valence-electron chi connectivity index (χ1n) is 6.62. The predicted molar refractivity (Wildman–Crippen MR) is 78.6 cm³/mol. The van der Waals surface area contributed by atoms with Crippen LogP contribution in [0.4, 0.5) is 5.82 Å². The van der Waals surface area contributed by atoms with Gasteiger partial charge in [-0.1, -0.05) is 0 Å². The van der Waals surface area contributed by atoms with E-state index in [0.717, 1.165) is 30.9 Å². The number of aromatic nitrogens is 1. The van der Waals surface area contributed by atoms with Gasteiger partial charge in [-0.25, -0.2) is 4.98 Å². The first kappa shape index (κ1) is 15.4. The molecule has 0 spiro atoms. The maximum atomic E-state index is 12.0. The van der Waals surface area contributed by atoms with E-state index in [4.69, 9.17) is 0 Å². The second-order valence-corrected chi connectivity index (χ2v) is 4.90. The molecule has 106 valence electrons. The van der Waals surface area contributed by atoms with E-state index in [0.29, 0.717) is 12.1 Å². The smallest absolute Gasteiger partial charge is 0.251 e. The van der Waals surface area contributed by atoms with Crippen molar-refractivity contribution >= 4 is 11.7 Å². The molecule has 0 saturated carbocycles. The number of pyridine rings is 1. The Morgan fingerprint density at radius 2 is 2.05 bits per heavy atom. The molecule has 1 amide bonds. The molecule has 1 aromatic rings. The summed E-state index contributed by atoms with van der Waals surface area (Å²) in [7, 11) is 5.90. The highest BCUT2D eigenvalue weighted by Gasteiger charge is 2.07. The highest BCUT2D eigenvalue weighted by molar-refractivity contribution is 5.94.